The average molecular weight is 233 g/mol. The van der Waals surface area contributed by atoms with E-state index < -0.39 is 0 Å². The molecule has 2 nitrogen and oxygen atoms in total. The van der Waals surface area contributed by atoms with Crippen LogP contribution in [0.2, 0.25) is 0 Å². The SMILES string of the molecule is N#Cc1cc2cc(Br)ccc2cn1. The lowest BCUT2D eigenvalue weighted by Crippen LogP contribution is -1.81. The summed E-state index contributed by atoms with van der Waals surface area (Å²) in [6.07, 6.45) is 1.71. The Morgan fingerprint density at radius 2 is 2.08 bits per heavy atom. The molecule has 1 aromatic heterocycles. The van der Waals surface area contributed by atoms with Crippen molar-refractivity contribution >= 4 is 26.7 Å². The van der Waals surface area contributed by atoms with E-state index in [4.69, 9.17) is 5.26 Å². The first kappa shape index (κ1) is 8.21. The Bertz CT molecular complexity index is 500. The number of hydrogen-bond acceptors (Lipinski definition) is 2. The first-order chi connectivity index (χ1) is 6.29. The highest BCUT2D eigenvalue weighted by Gasteiger charge is 1.96. The predicted octanol–water partition coefficient (Wildman–Crippen LogP) is 2.87. The van der Waals surface area contributed by atoms with Crippen molar-refractivity contribution in [3.63, 3.8) is 0 Å². The second kappa shape index (κ2) is 3.15. The van der Waals surface area contributed by atoms with E-state index in [1.165, 1.54) is 0 Å². The van der Waals surface area contributed by atoms with Gasteiger partial charge in [0.25, 0.3) is 0 Å². The number of fused-ring (bicyclic) bond motifs is 1. The quantitative estimate of drug-likeness (QED) is 0.701. The van der Waals surface area contributed by atoms with Crippen LogP contribution in [0, 0.1) is 11.3 Å². The molecule has 0 bridgehead atoms. The topological polar surface area (TPSA) is 36.7 Å². The maximum Gasteiger partial charge on any atom is 0.141 e. The van der Waals surface area contributed by atoms with Crippen molar-refractivity contribution < 1.29 is 0 Å². The Morgan fingerprint density at radius 1 is 1.23 bits per heavy atom. The van der Waals surface area contributed by atoms with Crippen LogP contribution in [0.4, 0.5) is 0 Å². The third kappa shape index (κ3) is 1.53. The minimum absolute atomic E-state index is 0.450. The molecule has 0 fully saturated rings. The van der Waals surface area contributed by atoms with Crippen molar-refractivity contribution in [3.8, 4) is 6.07 Å². The van der Waals surface area contributed by atoms with Gasteiger partial charge in [-0.05, 0) is 23.6 Å². The maximum absolute atomic E-state index is 8.64. The summed E-state index contributed by atoms with van der Waals surface area (Å²) in [4.78, 5) is 3.98. The molecule has 0 saturated heterocycles. The fraction of sp³-hybridized carbons (Fsp3) is 0. The summed E-state index contributed by atoms with van der Waals surface area (Å²) in [6.45, 7) is 0. The normalized spacial score (nSPS) is 9.85. The molecule has 0 radical (unpaired) electrons. The Balaban J connectivity index is 2.77. The Hall–Kier alpha value is -1.40. The van der Waals surface area contributed by atoms with Crippen LogP contribution in [0.15, 0.2) is 34.9 Å². The van der Waals surface area contributed by atoms with Gasteiger partial charge in [0.05, 0.1) is 0 Å². The first-order valence-electron chi connectivity index (χ1n) is 3.75. The zero-order valence-electron chi connectivity index (χ0n) is 6.66. The summed E-state index contributed by atoms with van der Waals surface area (Å²) < 4.78 is 1.01. The fourth-order valence-corrected chi connectivity index (χ4v) is 1.55. The standard InChI is InChI=1S/C10H5BrN2/c11-9-2-1-7-6-13-10(5-12)4-8(7)3-9/h1-4,6H. The second-order valence-electron chi connectivity index (χ2n) is 2.67. The van der Waals surface area contributed by atoms with Crippen molar-refractivity contribution in [3.05, 3.63) is 40.6 Å². The minimum atomic E-state index is 0.450. The number of benzene rings is 1. The number of aromatic nitrogens is 1. The summed E-state index contributed by atoms with van der Waals surface area (Å²) in [5, 5.41) is 10.7. The highest BCUT2D eigenvalue weighted by atomic mass is 79.9. The number of rotatable bonds is 0. The van der Waals surface area contributed by atoms with Gasteiger partial charge in [-0.3, -0.25) is 0 Å². The maximum atomic E-state index is 8.64. The molecule has 0 amide bonds. The van der Waals surface area contributed by atoms with Crippen molar-refractivity contribution in [1.82, 2.24) is 4.98 Å². The van der Waals surface area contributed by atoms with E-state index in [1.807, 2.05) is 24.3 Å². The van der Waals surface area contributed by atoms with E-state index in [-0.39, 0.29) is 0 Å². The van der Waals surface area contributed by atoms with Crippen LogP contribution in [0.3, 0.4) is 0 Å². The monoisotopic (exact) mass is 232 g/mol. The van der Waals surface area contributed by atoms with Gasteiger partial charge in [-0.25, -0.2) is 4.98 Å². The lowest BCUT2D eigenvalue weighted by Gasteiger charge is -1.97. The summed E-state index contributed by atoms with van der Waals surface area (Å²) in [5.41, 5.74) is 0.450. The Morgan fingerprint density at radius 3 is 2.85 bits per heavy atom. The molecule has 0 aliphatic rings. The molecule has 0 aliphatic heterocycles. The van der Waals surface area contributed by atoms with Crippen molar-refractivity contribution in [2.45, 2.75) is 0 Å². The summed E-state index contributed by atoms with van der Waals surface area (Å²) in [5.74, 6) is 0. The molecule has 0 N–H and O–H groups in total. The van der Waals surface area contributed by atoms with Crippen LogP contribution in [0.25, 0.3) is 10.8 Å². The van der Waals surface area contributed by atoms with Crippen molar-refractivity contribution in [2.75, 3.05) is 0 Å². The van der Waals surface area contributed by atoms with Gasteiger partial charge in [0.15, 0.2) is 0 Å². The third-order valence-corrected chi connectivity index (χ3v) is 2.29. The molecule has 1 aromatic carbocycles. The van der Waals surface area contributed by atoms with E-state index >= 15 is 0 Å². The summed E-state index contributed by atoms with van der Waals surface area (Å²) in [6, 6.07) is 9.68. The average Bonchev–Trinajstić information content (AvgIpc) is 2.16. The highest BCUT2D eigenvalue weighted by Crippen LogP contribution is 2.19. The van der Waals surface area contributed by atoms with Crippen LogP contribution in [-0.2, 0) is 0 Å². The zero-order chi connectivity index (χ0) is 9.26. The van der Waals surface area contributed by atoms with Crippen LogP contribution >= 0.6 is 15.9 Å². The van der Waals surface area contributed by atoms with Gasteiger partial charge >= 0.3 is 0 Å². The molecule has 0 atom stereocenters. The molecular formula is C10H5BrN2. The highest BCUT2D eigenvalue weighted by molar-refractivity contribution is 9.10. The molecular weight excluding hydrogens is 228 g/mol. The molecule has 13 heavy (non-hydrogen) atoms. The van der Waals surface area contributed by atoms with E-state index in [2.05, 4.69) is 20.9 Å². The van der Waals surface area contributed by atoms with Gasteiger partial charge in [-0.2, -0.15) is 5.26 Å². The van der Waals surface area contributed by atoms with Crippen LogP contribution in [-0.4, -0.2) is 4.98 Å². The van der Waals surface area contributed by atoms with E-state index in [0.29, 0.717) is 5.69 Å². The lowest BCUT2D eigenvalue weighted by molar-refractivity contribution is 1.29. The van der Waals surface area contributed by atoms with Gasteiger partial charge < -0.3 is 0 Å². The molecule has 0 aliphatic carbocycles. The molecule has 1 heterocycles. The fourth-order valence-electron chi connectivity index (χ4n) is 1.17. The third-order valence-electron chi connectivity index (χ3n) is 1.80. The molecule has 62 valence electrons. The zero-order valence-corrected chi connectivity index (χ0v) is 8.25. The molecule has 2 rings (SSSR count). The van der Waals surface area contributed by atoms with Crippen LogP contribution in [0.1, 0.15) is 5.69 Å². The van der Waals surface area contributed by atoms with Crippen LogP contribution in [0.5, 0.6) is 0 Å². The number of hydrogen-bond donors (Lipinski definition) is 0. The van der Waals surface area contributed by atoms with Crippen LogP contribution < -0.4 is 0 Å². The smallest absolute Gasteiger partial charge is 0.141 e. The Labute approximate surface area is 84.0 Å². The molecule has 2 aromatic rings. The van der Waals surface area contributed by atoms with Gasteiger partial charge in [-0.15, -0.1) is 0 Å². The number of nitriles is 1. The number of pyridine rings is 1. The minimum Gasteiger partial charge on any atom is -0.245 e. The molecule has 0 spiro atoms. The second-order valence-corrected chi connectivity index (χ2v) is 3.59. The number of nitrogens with zero attached hydrogens (tertiary/aromatic N) is 2. The van der Waals surface area contributed by atoms with Gasteiger partial charge in [0, 0.05) is 16.1 Å². The van der Waals surface area contributed by atoms with Crippen molar-refractivity contribution in [1.29, 1.82) is 5.26 Å². The Kier molecular flexibility index (Phi) is 1.99. The van der Waals surface area contributed by atoms with E-state index in [1.54, 1.807) is 12.3 Å². The van der Waals surface area contributed by atoms with Gasteiger partial charge in [0.2, 0.25) is 0 Å². The summed E-state index contributed by atoms with van der Waals surface area (Å²) in [7, 11) is 0. The van der Waals surface area contributed by atoms with E-state index in [9.17, 15) is 0 Å². The molecule has 0 unspecified atom stereocenters. The largest absolute Gasteiger partial charge is 0.245 e. The van der Waals surface area contributed by atoms with Gasteiger partial charge in [-0.1, -0.05) is 22.0 Å². The van der Waals surface area contributed by atoms with Gasteiger partial charge in [0.1, 0.15) is 11.8 Å². The predicted molar refractivity (Wildman–Crippen MR) is 54.2 cm³/mol. The summed E-state index contributed by atoms with van der Waals surface area (Å²) >= 11 is 3.38. The van der Waals surface area contributed by atoms with Crippen molar-refractivity contribution in [2.24, 2.45) is 0 Å². The van der Waals surface area contributed by atoms with E-state index in [0.717, 1.165) is 15.2 Å². The first-order valence-corrected chi connectivity index (χ1v) is 4.54. The lowest BCUT2D eigenvalue weighted by atomic mass is 10.1. The molecule has 3 heteroatoms. The molecule has 0 saturated carbocycles. The number of halogens is 1.